The molecular weight excluding hydrogens is 510 g/mol. The van der Waals surface area contributed by atoms with Crippen LogP contribution in [0.25, 0.3) is 0 Å². The number of nitrogens with zero attached hydrogens (tertiary/aromatic N) is 1. The average Bonchev–Trinajstić information content (AvgIpc) is 3.37. The van der Waals surface area contributed by atoms with Crippen LogP contribution in [0.1, 0.15) is 28.8 Å². The standard InChI is InChI=1S/C24H24ClN3O5S2/c1-17-4-7-20(8-5-17)27-34(30,31)23-16-18(6-13-22(23)25)24(29)26-19-9-11-21(12-10-19)35(32,33)28-14-2-3-15-28/h4-13,16,27H,2-3,14-15H2,1H3,(H,26,29). The summed E-state index contributed by atoms with van der Waals surface area (Å²) in [6, 6.07) is 16.6. The summed E-state index contributed by atoms with van der Waals surface area (Å²) in [6.07, 6.45) is 1.68. The van der Waals surface area contributed by atoms with Gasteiger partial charge in [-0.05, 0) is 74.4 Å². The Balaban J connectivity index is 1.51. The number of aryl methyl sites for hydroxylation is 1. The number of sulfonamides is 2. The summed E-state index contributed by atoms with van der Waals surface area (Å²) in [5, 5.41) is 2.62. The summed E-state index contributed by atoms with van der Waals surface area (Å²) in [5.41, 5.74) is 1.79. The van der Waals surface area contributed by atoms with Gasteiger partial charge in [0.1, 0.15) is 4.90 Å². The van der Waals surface area contributed by atoms with Crippen molar-refractivity contribution in [3.05, 3.63) is 82.9 Å². The fraction of sp³-hybridized carbons (Fsp3) is 0.208. The van der Waals surface area contributed by atoms with Crippen LogP contribution in [0.2, 0.25) is 5.02 Å². The minimum Gasteiger partial charge on any atom is -0.322 e. The van der Waals surface area contributed by atoms with Gasteiger partial charge in [-0.2, -0.15) is 4.31 Å². The number of hydrogen-bond donors (Lipinski definition) is 2. The molecule has 2 N–H and O–H groups in total. The summed E-state index contributed by atoms with van der Waals surface area (Å²) in [5.74, 6) is -0.566. The van der Waals surface area contributed by atoms with E-state index in [-0.39, 0.29) is 20.4 Å². The van der Waals surface area contributed by atoms with Crippen molar-refractivity contribution in [3.63, 3.8) is 0 Å². The number of rotatable bonds is 7. The normalized spacial score (nSPS) is 14.6. The first-order valence-electron chi connectivity index (χ1n) is 10.9. The minimum absolute atomic E-state index is 0.0300. The third-order valence-corrected chi connectivity index (χ3v) is 9.38. The zero-order valence-corrected chi connectivity index (χ0v) is 21.3. The van der Waals surface area contributed by atoms with Crippen molar-refractivity contribution in [2.75, 3.05) is 23.1 Å². The molecule has 184 valence electrons. The molecule has 8 nitrogen and oxygen atoms in total. The maximum Gasteiger partial charge on any atom is 0.263 e. The summed E-state index contributed by atoms with van der Waals surface area (Å²) >= 11 is 6.14. The van der Waals surface area contributed by atoms with Crippen molar-refractivity contribution in [1.29, 1.82) is 0 Å². The van der Waals surface area contributed by atoms with Gasteiger partial charge >= 0.3 is 0 Å². The summed E-state index contributed by atoms with van der Waals surface area (Å²) in [6.45, 7) is 2.89. The first-order chi connectivity index (χ1) is 16.6. The molecule has 3 aromatic carbocycles. The van der Waals surface area contributed by atoms with Crippen molar-refractivity contribution in [2.45, 2.75) is 29.6 Å². The van der Waals surface area contributed by atoms with Gasteiger partial charge in [-0.25, -0.2) is 16.8 Å². The third-order valence-electron chi connectivity index (χ3n) is 5.60. The molecule has 1 saturated heterocycles. The second kappa shape index (κ2) is 9.98. The highest BCUT2D eigenvalue weighted by Gasteiger charge is 2.27. The van der Waals surface area contributed by atoms with E-state index in [0.29, 0.717) is 24.5 Å². The predicted octanol–water partition coefficient (Wildman–Crippen LogP) is 4.49. The Labute approximate surface area is 210 Å². The number of carbonyl (C=O) groups is 1. The lowest BCUT2D eigenvalue weighted by atomic mass is 10.2. The number of nitrogens with one attached hydrogen (secondary N) is 2. The SMILES string of the molecule is Cc1ccc(NS(=O)(=O)c2cc(C(=O)Nc3ccc(S(=O)(=O)N4CCCC4)cc3)ccc2Cl)cc1. The van der Waals surface area contributed by atoms with Crippen molar-refractivity contribution < 1.29 is 21.6 Å². The van der Waals surface area contributed by atoms with Gasteiger partial charge in [-0.15, -0.1) is 0 Å². The summed E-state index contributed by atoms with van der Waals surface area (Å²) in [4.78, 5) is 12.7. The molecule has 1 amide bonds. The van der Waals surface area contributed by atoms with E-state index in [1.54, 1.807) is 24.3 Å². The molecule has 0 radical (unpaired) electrons. The van der Waals surface area contributed by atoms with Crippen molar-refractivity contribution in [3.8, 4) is 0 Å². The molecule has 0 bridgehead atoms. The highest BCUT2D eigenvalue weighted by molar-refractivity contribution is 7.92. The van der Waals surface area contributed by atoms with E-state index >= 15 is 0 Å². The number of carbonyl (C=O) groups excluding carboxylic acids is 1. The van der Waals surface area contributed by atoms with Gasteiger partial charge in [0.15, 0.2) is 0 Å². The van der Waals surface area contributed by atoms with E-state index < -0.39 is 26.0 Å². The van der Waals surface area contributed by atoms with Crippen LogP contribution in [0, 0.1) is 6.92 Å². The van der Waals surface area contributed by atoms with Crippen LogP contribution in [0.15, 0.2) is 76.5 Å². The van der Waals surface area contributed by atoms with Gasteiger partial charge in [-0.1, -0.05) is 29.3 Å². The summed E-state index contributed by atoms with van der Waals surface area (Å²) in [7, 11) is -7.61. The van der Waals surface area contributed by atoms with Crippen LogP contribution in [0.4, 0.5) is 11.4 Å². The zero-order chi connectivity index (χ0) is 25.2. The predicted molar refractivity (Wildman–Crippen MR) is 136 cm³/mol. The molecule has 35 heavy (non-hydrogen) atoms. The molecule has 0 unspecified atom stereocenters. The molecule has 1 aliphatic rings. The molecule has 0 aliphatic carbocycles. The molecular formula is C24H24ClN3O5S2. The average molecular weight is 534 g/mol. The van der Waals surface area contributed by atoms with Crippen LogP contribution in [0.5, 0.6) is 0 Å². The highest BCUT2D eigenvalue weighted by atomic mass is 35.5. The van der Waals surface area contributed by atoms with Gasteiger partial charge < -0.3 is 5.32 Å². The number of benzene rings is 3. The van der Waals surface area contributed by atoms with Gasteiger partial charge in [0.25, 0.3) is 15.9 Å². The quantitative estimate of drug-likeness (QED) is 0.465. The second-order valence-electron chi connectivity index (χ2n) is 8.21. The lowest BCUT2D eigenvalue weighted by Crippen LogP contribution is -2.27. The van der Waals surface area contributed by atoms with Crippen molar-refractivity contribution >= 4 is 48.9 Å². The molecule has 0 spiro atoms. The Morgan fingerprint density at radius 1 is 0.857 bits per heavy atom. The van der Waals surface area contributed by atoms with Crippen LogP contribution in [-0.2, 0) is 20.0 Å². The number of hydrogen-bond acceptors (Lipinski definition) is 5. The fourth-order valence-electron chi connectivity index (χ4n) is 3.67. The third kappa shape index (κ3) is 5.67. The highest BCUT2D eigenvalue weighted by Crippen LogP contribution is 2.26. The first kappa shape index (κ1) is 25.2. The smallest absolute Gasteiger partial charge is 0.263 e. The molecule has 11 heteroatoms. The van der Waals surface area contributed by atoms with Crippen LogP contribution in [-0.4, -0.2) is 40.1 Å². The molecule has 1 heterocycles. The maximum atomic E-state index is 12.9. The molecule has 0 atom stereocenters. The summed E-state index contributed by atoms with van der Waals surface area (Å²) < 4.78 is 55.0. The van der Waals surface area contributed by atoms with Gasteiger partial charge in [0.2, 0.25) is 10.0 Å². The zero-order valence-electron chi connectivity index (χ0n) is 18.9. The van der Waals surface area contributed by atoms with E-state index in [0.717, 1.165) is 18.4 Å². The van der Waals surface area contributed by atoms with Crippen molar-refractivity contribution in [2.24, 2.45) is 0 Å². The number of amides is 1. The lowest BCUT2D eigenvalue weighted by Gasteiger charge is -2.15. The monoisotopic (exact) mass is 533 g/mol. The van der Waals surface area contributed by atoms with Crippen LogP contribution < -0.4 is 10.0 Å². The first-order valence-corrected chi connectivity index (χ1v) is 14.2. The minimum atomic E-state index is -4.05. The van der Waals surface area contributed by atoms with E-state index in [1.165, 1.54) is 46.8 Å². The van der Waals surface area contributed by atoms with Gasteiger partial charge in [0, 0.05) is 30.0 Å². The Morgan fingerprint density at radius 2 is 1.46 bits per heavy atom. The Hall–Kier alpha value is -2.92. The van der Waals surface area contributed by atoms with E-state index in [9.17, 15) is 21.6 Å². The molecule has 0 saturated carbocycles. The topological polar surface area (TPSA) is 113 Å². The second-order valence-corrected chi connectivity index (χ2v) is 12.2. The molecule has 1 aliphatic heterocycles. The largest absolute Gasteiger partial charge is 0.322 e. The van der Waals surface area contributed by atoms with E-state index in [4.69, 9.17) is 11.6 Å². The van der Waals surface area contributed by atoms with Crippen LogP contribution in [0.3, 0.4) is 0 Å². The lowest BCUT2D eigenvalue weighted by molar-refractivity contribution is 0.102. The Bertz CT molecular complexity index is 1450. The van der Waals surface area contributed by atoms with Crippen molar-refractivity contribution in [1.82, 2.24) is 4.31 Å². The number of halogens is 1. The molecule has 0 aromatic heterocycles. The van der Waals surface area contributed by atoms with Crippen LogP contribution >= 0.6 is 11.6 Å². The molecule has 1 fully saturated rings. The maximum absolute atomic E-state index is 12.9. The van der Waals surface area contributed by atoms with Gasteiger partial charge in [-0.3, -0.25) is 9.52 Å². The van der Waals surface area contributed by atoms with Gasteiger partial charge in [0.05, 0.1) is 9.92 Å². The Kier molecular flexibility index (Phi) is 7.18. The molecule has 4 rings (SSSR count). The van der Waals surface area contributed by atoms with E-state index in [1.807, 2.05) is 6.92 Å². The van der Waals surface area contributed by atoms with E-state index in [2.05, 4.69) is 10.0 Å². The molecule has 3 aromatic rings. The number of anilines is 2. The fourth-order valence-corrected chi connectivity index (χ4v) is 6.78. The Morgan fingerprint density at radius 3 is 2.09 bits per heavy atom.